The molecule has 34 heavy (non-hydrogen) atoms. The number of amides is 1. The molecular formula is C24H17ClF3NO5. The van der Waals surface area contributed by atoms with Crippen molar-refractivity contribution in [2.45, 2.75) is 18.3 Å². The zero-order valence-electron chi connectivity index (χ0n) is 17.3. The lowest BCUT2D eigenvalue weighted by molar-refractivity contribution is -0.157. The van der Waals surface area contributed by atoms with Crippen LogP contribution < -0.4 is 9.64 Å². The van der Waals surface area contributed by atoms with Crippen molar-refractivity contribution in [3.05, 3.63) is 88.9 Å². The van der Waals surface area contributed by atoms with Gasteiger partial charge in [-0.05, 0) is 54.1 Å². The van der Waals surface area contributed by atoms with Crippen LogP contribution in [0, 0.1) is 0 Å². The summed E-state index contributed by atoms with van der Waals surface area (Å²) in [6, 6.07) is 15.8. The van der Waals surface area contributed by atoms with Gasteiger partial charge < -0.3 is 14.6 Å². The van der Waals surface area contributed by atoms with Crippen LogP contribution in [0.15, 0.2) is 72.8 Å². The monoisotopic (exact) mass is 491 g/mol. The number of alkyl halides is 3. The standard InChI is InChI=1S/C24H17ClF3NO5/c25-18-6-1-2-7-19(18)34-17-10-8-16(9-11-17)29-20(30)13-33-22(23(31)32)21(29)14-4-3-5-15(12-14)24(26,27)28/h1-12,21-22H,13H2,(H,31,32). The van der Waals surface area contributed by atoms with E-state index in [0.717, 1.165) is 23.1 Å². The van der Waals surface area contributed by atoms with Crippen LogP contribution in [-0.4, -0.2) is 29.7 Å². The fourth-order valence-corrected chi connectivity index (χ4v) is 3.85. The number of carboxylic acids is 1. The first kappa shape index (κ1) is 23.6. The summed E-state index contributed by atoms with van der Waals surface area (Å²) in [5, 5.41) is 10.1. The molecule has 1 fully saturated rings. The van der Waals surface area contributed by atoms with Gasteiger partial charge in [0.2, 0.25) is 0 Å². The maximum Gasteiger partial charge on any atom is 0.416 e. The number of rotatable bonds is 5. The smallest absolute Gasteiger partial charge is 0.416 e. The Morgan fingerprint density at radius 3 is 2.41 bits per heavy atom. The Morgan fingerprint density at radius 1 is 1.06 bits per heavy atom. The minimum atomic E-state index is -4.64. The summed E-state index contributed by atoms with van der Waals surface area (Å²) in [5.41, 5.74) is -0.712. The van der Waals surface area contributed by atoms with E-state index in [1.54, 1.807) is 36.4 Å². The first-order valence-electron chi connectivity index (χ1n) is 10.0. The lowest BCUT2D eigenvalue weighted by atomic mass is 9.95. The first-order chi connectivity index (χ1) is 16.1. The van der Waals surface area contributed by atoms with Crippen LogP contribution in [-0.2, 0) is 20.5 Å². The Balaban J connectivity index is 1.71. The van der Waals surface area contributed by atoms with Crippen molar-refractivity contribution in [1.82, 2.24) is 0 Å². The van der Waals surface area contributed by atoms with Crippen LogP contribution in [0.1, 0.15) is 17.2 Å². The van der Waals surface area contributed by atoms with Gasteiger partial charge in [-0.15, -0.1) is 0 Å². The highest BCUT2D eigenvalue weighted by Gasteiger charge is 2.43. The van der Waals surface area contributed by atoms with Gasteiger partial charge in [-0.1, -0.05) is 35.9 Å². The van der Waals surface area contributed by atoms with Crippen molar-refractivity contribution in [3.8, 4) is 11.5 Å². The molecule has 1 N–H and O–H groups in total. The number of carbonyl (C=O) groups is 2. The van der Waals surface area contributed by atoms with Gasteiger partial charge in [0.15, 0.2) is 6.10 Å². The van der Waals surface area contributed by atoms with Crippen molar-refractivity contribution in [1.29, 1.82) is 0 Å². The van der Waals surface area contributed by atoms with E-state index in [0.29, 0.717) is 16.5 Å². The molecule has 1 saturated heterocycles. The molecule has 1 amide bonds. The van der Waals surface area contributed by atoms with E-state index in [1.165, 1.54) is 18.2 Å². The van der Waals surface area contributed by atoms with Gasteiger partial charge in [-0.3, -0.25) is 9.69 Å². The highest BCUT2D eigenvalue weighted by atomic mass is 35.5. The summed E-state index contributed by atoms with van der Waals surface area (Å²) < 4.78 is 50.8. The fraction of sp³-hybridized carbons (Fsp3) is 0.167. The Bertz CT molecular complexity index is 1220. The largest absolute Gasteiger partial charge is 0.479 e. The third-order valence-corrected chi connectivity index (χ3v) is 5.51. The Labute approximate surface area is 197 Å². The molecular weight excluding hydrogens is 475 g/mol. The molecule has 1 aliphatic rings. The molecule has 1 aliphatic heterocycles. The minimum Gasteiger partial charge on any atom is -0.479 e. The van der Waals surface area contributed by atoms with Gasteiger partial charge >= 0.3 is 12.1 Å². The molecule has 176 valence electrons. The van der Waals surface area contributed by atoms with E-state index in [-0.39, 0.29) is 11.3 Å². The Hall–Kier alpha value is -3.56. The topological polar surface area (TPSA) is 76.1 Å². The molecule has 2 unspecified atom stereocenters. The van der Waals surface area contributed by atoms with Crippen LogP contribution >= 0.6 is 11.6 Å². The SMILES string of the molecule is O=C(O)C1OCC(=O)N(c2ccc(Oc3ccccc3Cl)cc2)C1c1cccc(C(F)(F)F)c1. The summed E-state index contributed by atoms with van der Waals surface area (Å²) >= 11 is 6.10. The second-order valence-electron chi connectivity index (χ2n) is 7.43. The highest BCUT2D eigenvalue weighted by Crippen LogP contribution is 2.38. The summed E-state index contributed by atoms with van der Waals surface area (Å²) in [6.07, 6.45) is -6.21. The number of hydrogen-bond acceptors (Lipinski definition) is 4. The number of hydrogen-bond donors (Lipinski definition) is 1. The average Bonchev–Trinajstić information content (AvgIpc) is 2.80. The zero-order chi connectivity index (χ0) is 24.5. The van der Waals surface area contributed by atoms with E-state index in [9.17, 15) is 27.9 Å². The van der Waals surface area contributed by atoms with Crippen LogP contribution in [0.4, 0.5) is 18.9 Å². The highest BCUT2D eigenvalue weighted by molar-refractivity contribution is 6.32. The van der Waals surface area contributed by atoms with Gasteiger partial charge in [0, 0.05) is 5.69 Å². The number of benzene rings is 3. The normalized spacial score (nSPS) is 18.6. The second kappa shape index (κ2) is 9.36. The third-order valence-electron chi connectivity index (χ3n) is 5.20. The van der Waals surface area contributed by atoms with Crippen LogP contribution in [0.2, 0.25) is 5.02 Å². The lowest BCUT2D eigenvalue weighted by Crippen LogP contribution is -2.52. The maximum atomic E-state index is 13.3. The molecule has 1 heterocycles. The Morgan fingerprint density at radius 2 is 1.76 bits per heavy atom. The molecule has 0 spiro atoms. The average molecular weight is 492 g/mol. The van der Waals surface area contributed by atoms with Crippen LogP contribution in [0.3, 0.4) is 0 Å². The van der Waals surface area contributed by atoms with E-state index in [4.69, 9.17) is 21.1 Å². The molecule has 4 rings (SSSR count). The van der Waals surface area contributed by atoms with Crippen molar-refractivity contribution in [2.24, 2.45) is 0 Å². The molecule has 10 heteroatoms. The number of nitrogens with zero attached hydrogens (tertiary/aromatic N) is 1. The zero-order valence-corrected chi connectivity index (χ0v) is 18.1. The van der Waals surface area contributed by atoms with Crippen molar-refractivity contribution < 1.29 is 37.3 Å². The molecule has 0 aromatic heterocycles. The Kier molecular flexibility index (Phi) is 6.49. The van der Waals surface area contributed by atoms with E-state index in [2.05, 4.69) is 0 Å². The summed E-state index contributed by atoms with van der Waals surface area (Å²) in [4.78, 5) is 25.8. The van der Waals surface area contributed by atoms with E-state index in [1.807, 2.05) is 0 Å². The number of carbonyl (C=O) groups excluding carboxylic acids is 1. The minimum absolute atomic E-state index is 0.0216. The first-order valence-corrected chi connectivity index (χ1v) is 10.4. The molecule has 0 bridgehead atoms. The van der Waals surface area contributed by atoms with Gasteiger partial charge in [-0.2, -0.15) is 13.2 Å². The van der Waals surface area contributed by atoms with Crippen molar-refractivity contribution >= 4 is 29.2 Å². The van der Waals surface area contributed by atoms with Crippen LogP contribution in [0.25, 0.3) is 0 Å². The predicted molar refractivity (Wildman–Crippen MR) is 117 cm³/mol. The molecule has 0 radical (unpaired) electrons. The predicted octanol–water partition coefficient (Wildman–Crippen LogP) is 5.71. The maximum absolute atomic E-state index is 13.3. The number of morpholine rings is 1. The number of halogens is 4. The molecule has 0 saturated carbocycles. The second-order valence-corrected chi connectivity index (χ2v) is 7.84. The molecule has 0 aliphatic carbocycles. The molecule has 2 atom stereocenters. The van der Waals surface area contributed by atoms with Crippen LogP contribution in [0.5, 0.6) is 11.5 Å². The number of ether oxygens (including phenoxy) is 2. The van der Waals surface area contributed by atoms with E-state index < -0.39 is 42.4 Å². The van der Waals surface area contributed by atoms with Crippen molar-refractivity contribution in [3.63, 3.8) is 0 Å². The number of para-hydroxylation sites is 1. The fourth-order valence-electron chi connectivity index (χ4n) is 3.68. The molecule has 6 nitrogen and oxygen atoms in total. The number of aliphatic carboxylic acids is 1. The van der Waals surface area contributed by atoms with Gasteiger partial charge in [-0.25, -0.2) is 4.79 Å². The third kappa shape index (κ3) is 4.85. The van der Waals surface area contributed by atoms with Gasteiger partial charge in [0.25, 0.3) is 5.91 Å². The van der Waals surface area contributed by atoms with Gasteiger partial charge in [0.05, 0.1) is 16.6 Å². The van der Waals surface area contributed by atoms with E-state index >= 15 is 0 Å². The number of carboxylic acid groups (broad SMARTS) is 1. The summed E-state index contributed by atoms with van der Waals surface area (Å²) in [5.74, 6) is -1.20. The van der Waals surface area contributed by atoms with Crippen molar-refractivity contribution in [2.75, 3.05) is 11.5 Å². The quantitative estimate of drug-likeness (QED) is 0.495. The summed E-state index contributed by atoms with van der Waals surface area (Å²) in [6.45, 7) is -0.537. The number of anilines is 1. The lowest BCUT2D eigenvalue weighted by Gasteiger charge is -2.39. The molecule has 3 aromatic rings. The molecule has 3 aromatic carbocycles. The summed E-state index contributed by atoms with van der Waals surface area (Å²) in [7, 11) is 0. The van der Waals surface area contributed by atoms with Gasteiger partial charge in [0.1, 0.15) is 18.1 Å².